The fourth-order valence-corrected chi connectivity index (χ4v) is 4.31. The van der Waals surface area contributed by atoms with Crippen molar-refractivity contribution >= 4 is 29.0 Å². The summed E-state index contributed by atoms with van der Waals surface area (Å²) >= 11 is 0. The fraction of sp³-hybridized carbons (Fsp3) is 0.375. The van der Waals surface area contributed by atoms with E-state index in [1.54, 1.807) is 6.92 Å². The Balaban J connectivity index is 1.44. The number of carbonyl (C=O) groups is 3. The maximum atomic E-state index is 13.1. The first-order chi connectivity index (χ1) is 14.3. The highest BCUT2D eigenvalue weighted by Crippen LogP contribution is 2.30. The maximum absolute atomic E-state index is 13.1. The van der Waals surface area contributed by atoms with Gasteiger partial charge in [0.25, 0.3) is 5.91 Å². The predicted molar refractivity (Wildman–Crippen MR) is 117 cm³/mol. The SMILES string of the molecule is CC(=O)c1ccc(N2CCN([C@@H]3CC(=O)N(c4cc(C)ccc4C)C3=O)CC2)cc1. The fourth-order valence-electron chi connectivity index (χ4n) is 4.31. The van der Waals surface area contributed by atoms with Crippen molar-refractivity contribution in [3.63, 3.8) is 0 Å². The minimum Gasteiger partial charge on any atom is -0.369 e. The van der Waals surface area contributed by atoms with Gasteiger partial charge in [0.05, 0.1) is 18.2 Å². The van der Waals surface area contributed by atoms with Crippen molar-refractivity contribution in [2.75, 3.05) is 36.0 Å². The summed E-state index contributed by atoms with van der Waals surface area (Å²) in [5.41, 5.74) is 4.45. The summed E-state index contributed by atoms with van der Waals surface area (Å²) in [6.07, 6.45) is 0.236. The van der Waals surface area contributed by atoms with Crippen LogP contribution in [0.1, 0.15) is 34.8 Å². The third kappa shape index (κ3) is 3.75. The zero-order valence-electron chi connectivity index (χ0n) is 17.7. The molecule has 2 fully saturated rings. The molecule has 6 nitrogen and oxygen atoms in total. The van der Waals surface area contributed by atoms with Crippen LogP contribution in [0.5, 0.6) is 0 Å². The molecule has 2 aliphatic heterocycles. The molecule has 0 bridgehead atoms. The summed E-state index contributed by atoms with van der Waals surface area (Å²) in [4.78, 5) is 43.1. The highest BCUT2D eigenvalue weighted by atomic mass is 16.2. The number of amides is 2. The number of ketones is 1. The van der Waals surface area contributed by atoms with Gasteiger partial charge in [-0.05, 0) is 62.2 Å². The summed E-state index contributed by atoms with van der Waals surface area (Å²) in [5.74, 6) is -0.182. The number of hydrogen-bond acceptors (Lipinski definition) is 5. The van der Waals surface area contributed by atoms with E-state index < -0.39 is 0 Å². The first-order valence-electron chi connectivity index (χ1n) is 10.4. The van der Waals surface area contributed by atoms with Crippen LogP contribution in [0.2, 0.25) is 0 Å². The van der Waals surface area contributed by atoms with Gasteiger partial charge in [-0.1, -0.05) is 12.1 Å². The van der Waals surface area contributed by atoms with E-state index in [9.17, 15) is 14.4 Å². The predicted octanol–water partition coefficient (Wildman–Crippen LogP) is 2.96. The minimum atomic E-state index is -0.389. The molecule has 156 valence electrons. The normalized spacial score (nSPS) is 20.2. The summed E-state index contributed by atoms with van der Waals surface area (Å²) < 4.78 is 0. The number of aryl methyl sites for hydroxylation is 2. The molecule has 0 radical (unpaired) electrons. The third-order valence-corrected chi connectivity index (χ3v) is 6.12. The molecule has 30 heavy (non-hydrogen) atoms. The number of nitrogens with zero attached hydrogens (tertiary/aromatic N) is 3. The van der Waals surface area contributed by atoms with Crippen LogP contribution >= 0.6 is 0 Å². The van der Waals surface area contributed by atoms with Crippen LogP contribution in [-0.2, 0) is 9.59 Å². The molecule has 0 saturated carbocycles. The summed E-state index contributed by atoms with van der Waals surface area (Å²) in [7, 11) is 0. The lowest BCUT2D eigenvalue weighted by molar-refractivity contribution is -0.123. The lowest BCUT2D eigenvalue weighted by Crippen LogP contribution is -2.52. The Morgan fingerprint density at radius 2 is 1.60 bits per heavy atom. The quantitative estimate of drug-likeness (QED) is 0.578. The van der Waals surface area contributed by atoms with Gasteiger partial charge in [0.15, 0.2) is 5.78 Å². The van der Waals surface area contributed by atoms with Crippen LogP contribution in [0.4, 0.5) is 11.4 Å². The first-order valence-corrected chi connectivity index (χ1v) is 10.4. The van der Waals surface area contributed by atoms with Crippen LogP contribution in [0.15, 0.2) is 42.5 Å². The van der Waals surface area contributed by atoms with Crippen molar-refractivity contribution in [3.05, 3.63) is 59.2 Å². The third-order valence-electron chi connectivity index (χ3n) is 6.12. The molecule has 0 aromatic heterocycles. The van der Waals surface area contributed by atoms with Crippen LogP contribution in [0.25, 0.3) is 0 Å². The molecule has 6 heteroatoms. The highest BCUT2D eigenvalue weighted by molar-refractivity contribution is 6.22. The Labute approximate surface area is 177 Å². The zero-order chi connectivity index (χ0) is 21.4. The van der Waals surface area contributed by atoms with E-state index in [4.69, 9.17) is 0 Å². The Hall–Kier alpha value is -2.99. The van der Waals surface area contributed by atoms with E-state index in [-0.39, 0.29) is 30.1 Å². The van der Waals surface area contributed by atoms with E-state index >= 15 is 0 Å². The second-order valence-electron chi connectivity index (χ2n) is 8.20. The van der Waals surface area contributed by atoms with Gasteiger partial charge in [0.2, 0.25) is 5.91 Å². The molecule has 0 spiro atoms. The lowest BCUT2D eigenvalue weighted by atomic mass is 10.1. The molecular weight excluding hydrogens is 378 g/mol. The zero-order valence-corrected chi connectivity index (χ0v) is 17.7. The molecule has 4 rings (SSSR count). The van der Waals surface area contributed by atoms with Gasteiger partial charge < -0.3 is 4.90 Å². The molecule has 2 saturated heterocycles. The topological polar surface area (TPSA) is 60.9 Å². The number of anilines is 2. The Bertz CT molecular complexity index is 991. The van der Waals surface area contributed by atoms with Gasteiger partial charge in [-0.3, -0.25) is 19.3 Å². The van der Waals surface area contributed by atoms with E-state index in [2.05, 4.69) is 9.80 Å². The van der Waals surface area contributed by atoms with Gasteiger partial charge in [-0.25, -0.2) is 4.90 Å². The summed E-state index contributed by atoms with van der Waals surface area (Å²) in [6, 6.07) is 13.1. The smallest absolute Gasteiger partial charge is 0.251 e. The van der Waals surface area contributed by atoms with Gasteiger partial charge >= 0.3 is 0 Å². The average molecular weight is 405 g/mol. The lowest BCUT2D eigenvalue weighted by Gasteiger charge is -2.38. The number of piperazine rings is 1. The highest BCUT2D eigenvalue weighted by Gasteiger charge is 2.43. The van der Waals surface area contributed by atoms with E-state index in [0.717, 1.165) is 43.0 Å². The van der Waals surface area contributed by atoms with Crippen molar-refractivity contribution in [2.24, 2.45) is 0 Å². The van der Waals surface area contributed by atoms with Crippen molar-refractivity contribution in [1.82, 2.24) is 4.90 Å². The molecule has 2 heterocycles. The standard InChI is InChI=1S/C24H27N3O3/c1-16-4-5-17(2)21(14-16)27-23(29)15-22(24(27)30)26-12-10-25(11-13-26)20-8-6-19(7-9-20)18(3)28/h4-9,14,22H,10-13,15H2,1-3H3/t22-/m1/s1. The van der Waals surface area contributed by atoms with Gasteiger partial charge in [-0.2, -0.15) is 0 Å². The molecule has 0 aliphatic carbocycles. The number of hydrogen-bond donors (Lipinski definition) is 0. The molecule has 2 aromatic rings. The molecule has 0 unspecified atom stereocenters. The van der Waals surface area contributed by atoms with Gasteiger partial charge in [-0.15, -0.1) is 0 Å². The number of imide groups is 1. The van der Waals surface area contributed by atoms with Crippen molar-refractivity contribution in [3.8, 4) is 0 Å². The Morgan fingerprint density at radius 3 is 2.23 bits per heavy atom. The monoisotopic (exact) mass is 405 g/mol. The van der Waals surface area contributed by atoms with Gasteiger partial charge in [0, 0.05) is 37.4 Å². The number of benzene rings is 2. The van der Waals surface area contributed by atoms with Crippen LogP contribution < -0.4 is 9.80 Å². The average Bonchev–Trinajstić information content (AvgIpc) is 3.04. The Kier molecular flexibility index (Phi) is 5.43. The van der Waals surface area contributed by atoms with Crippen LogP contribution in [-0.4, -0.2) is 54.7 Å². The number of Topliss-reactive ketones (excluding diaryl/α,β-unsaturated/α-hetero) is 1. The molecule has 1 atom stereocenters. The second kappa shape index (κ2) is 8.03. The van der Waals surface area contributed by atoms with Crippen molar-refractivity contribution < 1.29 is 14.4 Å². The van der Waals surface area contributed by atoms with Crippen LogP contribution in [0, 0.1) is 13.8 Å². The molecule has 2 aromatic carbocycles. The summed E-state index contributed by atoms with van der Waals surface area (Å²) in [6.45, 7) is 8.46. The van der Waals surface area contributed by atoms with E-state index in [0.29, 0.717) is 11.3 Å². The largest absolute Gasteiger partial charge is 0.369 e. The van der Waals surface area contributed by atoms with Crippen molar-refractivity contribution in [1.29, 1.82) is 0 Å². The maximum Gasteiger partial charge on any atom is 0.251 e. The second-order valence-corrected chi connectivity index (χ2v) is 8.20. The summed E-state index contributed by atoms with van der Waals surface area (Å²) in [5, 5.41) is 0. The molecular formula is C24H27N3O3. The molecule has 0 N–H and O–H groups in total. The van der Waals surface area contributed by atoms with Crippen LogP contribution in [0.3, 0.4) is 0 Å². The number of carbonyl (C=O) groups excluding carboxylic acids is 3. The Morgan fingerprint density at radius 1 is 0.933 bits per heavy atom. The van der Waals surface area contributed by atoms with Gasteiger partial charge in [0.1, 0.15) is 0 Å². The van der Waals surface area contributed by atoms with Crippen molar-refractivity contribution in [2.45, 2.75) is 33.2 Å². The molecule has 2 amide bonds. The van der Waals surface area contributed by atoms with E-state index in [1.807, 2.05) is 56.3 Å². The first kappa shape index (κ1) is 20.3. The minimum absolute atomic E-state index is 0.0594. The van der Waals surface area contributed by atoms with E-state index in [1.165, 1.54) is 4.90 Å². The number of rotatable bonds is 4. The molecule has 2 aliphatic rings.